The van der Waals surface area contributed by atoms with Crippen molar-refractivity contribution >= 4 is 55.5 Å². The maximum Gasteiger partial charge on any atom is 0.123 e. The molecule has 0 unspecified atom stereocenters. The van der Waals surface area contributed by atoms with Crippen molar-refractivity contribution in [3.05, 3.63) is 0 Å². The molecule has 1 rings (SSSR count). The van der Waals surface area contributed by atoms with E-state index in [-0.39, 0.29) is 0 Å². The van der Waals surface area contributed by atoms with Crippen LogP contribution in [0.4, 0.5) is 0 Å². The van der Waals surface area contributed by atoms with Gasteiger partial charge in [-0.3, -0.25) is 16.0 Å². The quantitative estimate of drug-likeness (QED) is 0.228. The molecule has 0 spiro atoms. The molecule has 0 aliphatic carbocycles. The molecule has 86 valence electrons. The zero-order valence-electron chi connectivity index (χ0n) is 7.99. The van der Waals surface area contributed by atoms with Gasteiger partial charge in [0.15, 0.2) is 0 Å². The first-order valence-electron chi connectivity index (χ1n) is 4.28. The molecule has 0 atom stereocenters. The molecule has 1 heterocycles. The lowest BCUT2D eigenvalue weighted by molar-refractivity contribution is 0.574. The van der Waals surface area contributed by atoms with Gasteiger partial charge >= 0.3 is 0 Å². The van der Waals surface area contributed by atoms with E-state index in [0.29, 0.717) is 24.9 Å². The average Bonchev–Trinajstić information content (AvgIpc) is 2.98. The van der Waals surface area contributed by atoms with Crippen molar-refractivity contribution < 1.29 is 0 Å². The van der Waals surface area contributed by atoms with Crippen LogP contribution in [0.2, 0.25) is 0 Å². The zero-order chi connectivity index (χ0) is 11.1. The maximum atomic E-state index is 5.31. The molecule has 1 aromatic heterocycles. The Balaban J connectivity index is 1.83. The molecule has 15 heavy (non-hydrogen) atoms. The van der Waals surface area contributed by atoms with Gasteiger partial charge in [-0.25, -0.2) is 0 Å². The van der Waals surface area contributed by atoms with Gasteiger partial charge in [-0.2, -0.15) is 3.35 Å². The van der Waals surface area contributed by atoms with Crippen LogP contribution < -0.4 is 21.7 Å². The summed E-state index contributed by atoms with van der Waals surface area (Å²) in [4.78, 5) is 1.39. The number of thiocarbonyl (C=S) groups is 2. The molecule has 0 saturated heterocycles. The molecule has 0 aliphatic heterocycles. The summed E-state index contributed by atoms with van der Waals surface area (Å²) in [5.74, 6) is 0. The van der Waals surface area contributed by atoms with Crippen LogP contribution in [0.3, 0.4) is 0 Å². The van der Waals surface area contributed by atoms with Crippen LogP contribution in [0.5, 0.6) is 0 Å². The molecule has 0 fully saturated rings. The normalized spacial score (nSPS) is 10.7. The lowest BCUT2D eigenvalue weighted by atomic mass is 10.6. The summed E-state index contributed by atoms with van der Waals surface area (Å²) in [5.41, 5.74) is 5.31. The molecule has 0 amide bonds. The molecular weight excluding hydrogens is 270 g/mol. The Bertz CT molecular complexity index is 292. The van der Waals surface area contributed by atoms with Crippen LogP contribution in [0.1, 0.15) is 0 Å². The summed E-state index contributed by atoms with van der Waals surface area (Å²) in [6.45, 7) is 2.65. The summed E-state index contributed by atoms with van der Waals surface area (Å²) >= 11 is 9.83. The Hall–Kier alpha value is 0.1000. The second-order valence-corrected chi connectivity index (χ2v) is 5.87. The monoisotopic (exact) mass is 283 g/mol. The van der Waals surface area contributed by atoms with Crippen LogP contribution in [0.15, 0.2) is 0 Å². The van der Waals surface area contributed by atoms with Gasteiger partial charge in [0.05, 0.1) is 4.99 Å². The maximum absolute atomic E-state index is 5.31. The SMILES string of the molecule is NC(=S)CNCNCNCC(=S)n1ss1. The van der Waals surface area contributed by atoms with Crippen molar-refractivity contribution in [1.82, 2.24) is 19.3 Å². The number of nitrogens with zero attached hydrogens (tertiary/aromatic N) is 1. The first kappa shape index (κ1) is 13.2. The van der Waals surface area contributed by atoms with Gasteiger partial charge in [0.2, 0.25) is 0 Å². The second-order valence-electron chi connectivity index (χ2n) is 2.72. The molecule has 1 aromatic rings. The first-order chi connectivity index (χ1) is 7.20. The highest BCUT2D eigenvalue weighted by atomic mass is 33.0. The highest BCUT2D eigenvalue weighted by Gasteiger charge is 2.03. The first-order valence-corrected chi connectivity index (χ1v) is 7.16. The van der Waals surface area contributed by atoms with Crippen LogP contribution in [-0.4, -0.2) is 39.8 Å². The lowest BCUT2D eigenvalue weighted by Gasteiger charge is -2.07. The van der Waals surface area contributed by atoms with Gasteiger partial charge in [0.25, 0.3) is 0 Å². The Morgan fingerprint density at radius 2 is 1.67 bits per heavy atom. The smallest absolute Gasteiger partial charge is 0.123 e. The fourth-order valence-electron chi connectivity index (χ4n) is 0.759. The topological polar surface area (TPSA) is 67.0 Å². The third-order valence-electron chi connectivity index (χ3n) is 1.43. The highest BCUT2D eigenvalue weighted by Crippen LogP contribution is 2.16. The van der Waals surface area contributed by atoms with E-state index in [0.717, 1.165) is 11.5 Å². The molecule has 0 radical (unpaired) electrons. The lowest BCUT2D eigenvalue weighted by Crippen LogP contribution is -2.40. The van der Waals surface area contributed by atoms with E-state index in [4.69, 9.17) is 30.2 Å². The number of hydrogen-bond donors (Lipinski definition) is 4. The Labute approximate surface area is 107 Å². The van der Waals surface area contributed by atoms with Gasteiger partial charge in [-0.1, -0.05) is 24.4 Å². The van der Waals surface area contributed by atoms with E-state index < -0.39 is 0 Å². The third kappa shape index (κ3) is 7.06. The van der Waals surface area contributed by atoms with E-state index >= 15 is 0 Å². The van der Waals surface area contributed by atoms with E-state index in [1.165, 1.54) is 0 Å². The number of aromatic nitrogens is 1. The molecular formula is C6H13N5S4. The largest absolute Gasteiger partial charge is 0.392 e. The van der Waals surface area contributed by atoms with Crippen LogP contribution in [0.25, 0.3) is 0 Å². The molecule has 0 aliphatic rings. The molecule has 9 heteroatoms. The van der Waals surface area contributed by atoms with Crippen molar-refractivity contribution in [3.8, 4) is 0 Å². The van der Waals surface area contributed by atoms with Gasteiger partial charge < -0.3 is 5.73 Å². The summed E-state index contributed by atoms with van der Waals surface area (Å²) in [6, 6.07) is 0. The fourth-order valence-corrected chi connectivity index (χ4v) is 2.44. The fraction of sp³-hybridized carbons (Fsp3) is 0.667. The van der Waals surface area contributed by atoms with Gasteiger partial charge in [0.1, 0.15) is 4.99 Å². The van der Waals surface area contributed by atoms with Crippen LogP contribution in [-0.2, 0) is 0 Å². The van der Waals surface area contributed by atoms with Crippen molar-refractivity contribution in [2.75, 3.05) is 26.4 Å². The minimum Gasteiger partial charge on any atom is -0.392 e. The van der Waals surface area contributed by atoms with E-state index in [1.807, 2.05) is 3.35 Å². The van der Waals surface area contributed by atoms with Crippen molar-refractivity contribution in [3.63, 3.8) is 0 Å². The predicted octanol–water partition coefficient (Wildman–Crippen LogP) is -0.243. The summed E-state index contributed by atoms with van der Waals surface area (Å²) < 4.78 is 1.99. The molecule has 5 nitrogen and oxygen atoms in total. The predicted molar refractivity (Wildman–Crippen MR) is 73.8 cm³/mol. The van der Waals surface area contributed by atoms with Gasteiger partial charge in [-0.05, 0) is 0 Å². The summed E-state index contributed by atoms with van der Waals surface area (Å²) in [6.07, 6.45) is 0. The van der Waals surface area contributed by atoms with Crippen LogP contribution in [0, 0.1) is 0 Å². The van der Waals surface area contributed by atoms with E-state index in [9.17, 15) is 0 Å². The average molecular weight is 283 g/mol. The van der Waals surface area contributed by atoms with E-state index in [2.05, 4.69) is 16.0 Å². The zero-order valence-corrected chi connectivity index (χ0v) is 11.3. The summed E-state index contributed by atoms with van der Waals surface area (Å²) in [5, 5.41) is 9.34. The minimum atomic E-state index is 0.474. The van der Waals surface area contributed by atoms with Gasteiger partial charge in [-0.15, -0.1) is 0 Å². The number of nitrogens with two attached hydrogens (primary N) is 1. The van der Waals surface area contributed by atoms with Crippen molar-refractivity contribution in [1.29, 1.82) is 0 Å². The molecule has 0 saturated carbocycles. The second kappa shape index (κ2) is 7.39. The standard InChI is InChI=1S/C6H13N5S4/c7-5(12)1-8-3-10-4-9-2-6(13)11-14-15-11/h8-10H,1-4H2,(H2,7,12). The van der Waals surface area contributed by atoms with E-state index in [1.54, 1.807) is 21.1 Å². The van der Waals surface area contributed by atoms with Crippen molar-refractivity contribution in [2.24, 2.45) is 5.73 Å². The number of hydrogen-bond acceptors (Lipinski definition) is 7. The Kier molecular flexibility index (Phi) is 6.48. The van der Waals surface area contributed by atoms with Crippen molar-refractivity contribution in [2.45, 2.75) is 0 Å². The minimum absolute atomic E-state index is 0.474. The molecule has 0 aromatic carbocycles. The Morgan fingerprint density at radius 1 is 1.07 bits per heavy atom. The molecule has 5 N–H and O–H groups in total. The highest BCUT2D eigenvalue weighted by molar-refractivity contribution is 7.84. The van der Waals surface area contributed by atoms with Gasteiger partial charge in [0, 0.05) is 47.5 Å². The Morgan fingerprint density at radius 3 is 2.20 bits per heavy atom. The number of rotatable bonds is 8. The summed E-state index contributed by atoms with van der Waals surface area (Å²) in [7, 11) is 3.32. The number of nitrogens with one attached hydrogen (secondary N) is 3. The van der Waals surface area contributed by atoms with Crippen LogP contribution >= 0.6 is 45.5 Å². The third-order valence-corrected chi connectivity index (χ3v) is 3.76. The molecule has 0 bridgehead atoms.